The normalized spacial score (nSPS) is 14.1. The first kappa shape index (κ1) is 14.7. The molecule has 0 amide bonds. The molecule has 100 valence electrons. The Balaban J connectivity index is 2.11. The van der Waals surface area contributed by atoms with Crippen molar-refractivity contribution in [2.24, 2.45) is 0 Å². The van der Waals surface area contributed by atoms with Crippen LogP contribution in [0.4, 0.5) is 0 Å². The third-order valence-electron chi connectivity index (χ3n) is 2.86. The molecule has 0 aliphatic carbocycles. The first-order valence-corrected chi connectivity index (χ1v) is 8.35. The smallest absolute Gasteiger partial charge is 0.0919 e. The van der Waals surface area contributed by atoms with Crippen molar-refractivity contribution in [2.45, 2.75) is 17.9 Å². The summed E-state index contributed by atoms with van der Waals surface area (Å²) in [6, 6.07) is 15.2. The topological polar surface area (TPSA) is 37.3 Å². The summed E-state index contributed by atoms with van der Waals surface area (Å²) in [6.07, 6.45) is -0.699. The fraction of sp³-hybridized carbons (Fsp3) is 0.200. The van der Waals surface area contributed by atoms with E-state index >= 15 is 0 Å². The van der Waals surface area contributed by atoms with E-state index in [2.05, 4.69) is 22.6 Å². The summed E-state index contributed by atoms with van der Waals surface area (Å²) in [7, 11) is -1.18. The van der Waals surface area contributed by atoms with Crippen molar-refractivity contribution < 1.29 is 9.32 Å². The Morgan fingerprint density at radius 3 is 2.42 bits per heavy atom. The summed E-state index contributed by atoms with van der Waals surface area (Å²) in [6.45, 7) is 1.99. The van der Waals surface area contributed by atoms with E-state index in [0.29, 0.717) is 0 Å². The zero-order chi connectivity index (χ0) is 13.8. The van der Waals surface area contributed by atoms with Crippen molar-refractivity contribution in [3.63, 3.8) is 0 Å². The van der Waals surface area contributed by atoms with Crippen LogP contribution in [-0.2, 0) is 10.8 Å². The Labute approximate surface area is 129 Å². The fourth-order valence-electron chi connectivity index (χ4n) is 1.76. The minimum absolute atomic E-state index is 0.225. The second-order valence-corrected chi connectivity index (χ2v) is 7.02. The van der Waals surface area contributed by atoms with Crippen molar-refractivity contribution in [3.8, 4) is 0 Å². The lowest BCUT2D eigenvalue weighted by molar-refractivity contribution is 0.202. The molecule has 0 bridgehead atoms. The molecule has 4 heteroatoms. The Bertz CT molecular complexity index is 581. The lowest BCUT2D eigenvalue weighted by Gasteiger charge is -2.12. The predicted octanol–water partition coefficient (Wildman–Crippen LogP) is 3.44. The van der Waals surface area contributed by atoms with Crippen LogP contribution in [0.1, 0.15) is 17.2 Å². The van der Waals surface area contributed by atoms with Gasteiger partial charge in [-0.25, -0.2) is 0 Å². The number of aliphatic hydroxyl groups excluding tert-OH is 1. The molecule has 0 saturated heterocycles. The molecule has 0 spiro atoms. The Morgan fingerprint density at radius 2 is 1.79 bits per heavy atom. The first-order valence-electron chi connectivity index (χ1n) is 5.95. The van der Waals surface area contributed by atoms with Gasteiger partial charge in [0.05, 0.1) is 22.7 Å². The second-order valence-electron chi connectivity index (χ2n) is 4.36. The summed E-state index contributed by atoms with van der Waals surface area (Å²) < 4.78 is 13.2. The van der Waals surface area contributed by atoms with Crippen LogP contribution < -0.4 is 0 Å². The SMILES string of the molecule is Cc1ccc([S@](=O)C[C@@H](O)c2ccccc2I)cc1. The van der Waals surface area contributed by atoms with Crippen molar-refractivity contribution in [3.05, 3.63) is 63.2 Å². The lowest BCUT2D eigenvalue weighted by atomic mass is 10.1. The third kappa shape index (κ3) is 3.87. The zero-order valence-electron chi connectivity index (χ0n) is 10.5. The summed E-state index contributed by atoms with van der Waals surface area (Å²) in [5.41, 5.74) is 1.97. The van der Waals surface area contributed by atoms with Crippen LogP contribution in [0.2, 0.25) is 0 Å². The van der Waals surface area contributed by atoms with Gasteiger partial charge in [-0.15, -0.1) is 0 Å². The molecule has 2 atom stereocenters. The third-order valence-corrected chi connectivity index (χ3v) is 5.26. The number of aliphatic hydroxyl groups is 1. The second kappa shape index (κ2) is 6.63. The highest BCUT2D eigenvalue weighted by Crippen LogP contribution is 2.22. The van der Waals surface area contributed by atoms with E-state index in [0.717, 1.165) is 19.6 Å². The predicted molar refractivity (Wildman–Crippen MR) is 86.6 cm³/mol. The van der Waals surface area contributed by atoms with Gasteiger partial charge in [0.2, 0.25) is 0 Å². The molecule has 2 nitrogen and oxygen atoms in total. The maximum Gasteiger partial charge on any atom is 0.0919 e. The van der Waals surface area contributed by atoms with Gasteiger partial charge in [-0.2, -0.15) is 0 Å². The summed E-state index contributed by atoms with van der Waals surface area (Å²) >= 11 is 2.18. The van der Waals surface area contributed by atoms with Crippen molar-refractivity contribution in [1.82, 2.24) is 0 Å². The minimum atomic E-state index is -1.18. The highest BCUT2D eigenvalue weighted by molar-refractivity contribution is 14.1. The summed E-state index contributed by atoms with van der Waals surface area (Å²) in [4.78, 5) is 0.760. The van der Waals surface area contributed by atoms with Gasteiger partial charge >= 0.3 is 0 Å². The van der Waals surface area contributed by atoms with E-state index in [4.69, 9.17) is 0 Å². The molecule has 2 rings (SSSR count). The van der Waals surface area contributed by atoms with E-state index in [1.54, 1.807) is 0 Å². The highest BCUT2D eigenvalue weighted by Gasteiger charge is 2.15. The molecule has 0 aromatic heterocycles. The molecular formula is C15H15IO2S. The quantitative estimate of drug-likeness (QED) is 0.818. The standard InChI is InChI=1S/C15H15IO2S/c1-11-6-8-12(9-7-11)19(18)10-15(17)13-4-2-3-5-14(13)16/h2-9,15,17H,10H2,1H3/t15-,19-/m1/s1. The average Bonchev–Trinajstić information content (AvgIpc) is 2.39. The van der Waals surface area contributed by atoms with E-state index in [1.807, 2.05) is 55.5 Å². The molecule has 0 saturated carbocycles. The number of hydrogen-bond donors (Lipinski definition) is 1. The molecule has 1 N–H and O–H groups in total. The molecule has 0 aliphatic heterocycles. The van der Waals surface area contributed by atoms with Gasteiger partial charge in [-0.3, -0.25) is 4.21 Å². The van der Waals surface area contributed by atoms with Gasteiger partial charge in [-0.1, -0.05) is 35.9 Å². The van der Waals surface area contributed by atoms with Gasteiger partial charge < -0.3 is 5.11 Å². The average molecular weight is 386 g/mol. The molecule has 0 radical (unpaired) electrons. The Hall–Kier alpha value is -0.720. The molecular weight excluding hydrogens is 371 g/mol. The van der Waals surface area contributed by atoms with Crippen LogP contribution in [0.3, 0.4) is 0 Å². The molecule has 19 heavy (non-hydrogen) atoms. The van der Waals surface area contributed by atoms with E-state index < -0.39 is 16.9 Å². The zero-order valence-corrected chi connectivity index (χ0v) is 13.5. The number of benzene rings is 2. The maximum atomic E-state index is 12.2. The van der Waals surface area contributed by atoms with Crippen LogP contribution in [0.15, 0.2) is 53.4 Å². The van der Waals surface area contributed by atoms with E-state index in [-0.39, 0.29) is 5.75 Å². The van der Waals surface area contributed by atoms with Gasteiger partial charge in [0.25, 0.3) is 0 Å². The number of halogens is 1. The highest BCUT2D eigenvalue weighted by atomic mass is 127. The van der Waals surface area contributed by atoms with Crippen LogP contribution in [-0.4, -0.2) is 15.1 Å². The van der Waals surface area contributed by atoms with Gasteiger partial charge in [0, 0.05) is 8.47 Å². The number of hydrogen-bond acceptors (Lipinski definition) is 2. The monoisotopic (exact) mass is 386 g/mol. The lowest BCUT2D eigenvalue weighted by Crippen LogP contribution is -2.10. The number of rotatable bonds is 4. The van der Waals surface area contributed by atoms with Gasteiger partial charge in [-0.05, 0) is 53.3 Å². The van der Waals surface area contributed by atoms with Crippen molar-refractivity contribution >= 4 is 33.4 Å². The van der Waals surface area contributed by atoms with Gasteiger partial charge in [0.1, 0.15) is 0 Å². The van der Waals surface area contributed by atoms with Gasteiger partial charge in [0.15, 0.2) is 0 Å². The summed E-state index contributed by atoms with van der Waals surface area (Å²) in [5, 5.41) is 10.2. The number of aryl methyl sites for hydroxylation is 1. The van der Waals surface area contributed by atoms with Crippen molar-refractivity contribution in [2.75, 3.05) is 5.75 Å². The first-order chi connectivity index (χ1) is 9.08. The van der Waals surface area contributed by atoms with E-state index in [9.17, 15) is 9.32 Å². The van der Waals surface area contributed by atoms with E-state index in [1.165, 1.54) is 0 Å². The van der Waals surface area contributed by atoms with Crippen molar-refractivity contribution in [1.29, 1.82) is 0 Å². The minimum Gasteiger partial charge on any atom is -0.387 e. The van der Waals surface area contributed by atoms with Crippen LogP contribution in [0.25, 0.3) is 0 Å². The molecule has 0 aliphatic rings. The van der Waals surface area contributed by atoms with Crippen LogP contribution in [0, 0.1) is 10.5 Å². The molecule has 0 fully saturated rings. The molecule has 2 aromatic carbocycles. The molecule has 2 aromatic rings. The molecule has 0 unspecified atom stereocenters. The summed E-state index contributed by atoms with van der Waals surface area (Å²) in [5.74, 6) is 0.225. The Morgan fingerprint density at radius 1 is 1.16 bits per heavy atom. The fourth-order valence-corrected chi connectivity index (χ4v) is 3.61. The molecule has 0 heterocycles. The largest absolute Gasteiger partial charge is 0.387 e. The van der Waals surface area contributed by atoms with Crippen LogP contribution in [0.5, 0.6) is 0 Å². The maximum absolute atomic E-state index is 12.2. The Kier molecular flexibility index (Phi) is 5.13. The van der Waals surface area contributed by atoms with Crippen LogP contribution >= 0.6 is 22.6 Å².